The minimum Gasteiger partial charge on any atom is -0.481 e. The lowest BCUT2D eigenvalue weighted by Crippen LogP contribution is -2.53. The van der Waals surface area contributed by atoms with Gasteiger partial charge < -0.3 is 10.0 Å². The Morgan fingerprint density at radius 3 is 2.37 bits per heavy atom. The Morgan fingerprint density at radius 2 is 1.79 bits per heavy atom. The topological polar surface area (TPSA) is 95.0 Å². The fraction of sp³-hybridized carbons (Fsp3) is 0.500. The van der Waals surface area contributed by atoms with Crippen molar-refractivity contribution in [1.82, 2.24) is 9.21 Å². The molecule has 5 rings (SSSR count). The van der Waals surface area contributed by atoms with Crippen LogP contribution in [0.2, 0.25) is 10.0 Å². The van der Waals surface area contributed by atoms with Crippen LogP contribution in [0, 0.1) is 11.3 Å². The van der Waals surface area contributed by atoms with Gasteiger partial charge in [0.05, 0.1) is 22.6 Å². The van der Waals surface area contributed by atoms with Crippen molar-refractivity contribution >= 4 is 45.1 Å². The standard InChI is InChI=1S/C28H32Cl2N2O5S/c1-17(12-13-31(2)38(36,37)22-10-11-22)32-25(18-6-8-20(29)9-7-18)23(19-4-3-5-21(30)14-19)15-28(27(32)35)16-24(28)26(33)34/h3-9,14,17,22-25H,10-13,15-16H2,1-2H3,(H,33,34)/t17-,23+,24+,25+,28-/m0/s1. The van der Waals surface area contributed by atoms with Crippen LogP contribution >= 0.6 is 23.2 Å². The number of carboxylic acid groups (broad SMARTS) is 1. The van der Waals surface area contributed by atoms with Crippen molar-refractivity contribution in [3.63, 3.8) is 0 Å². The number of carbonyl (C=O) groups is 2. The quantitative estimate of drug-likeness (QED) is 0.433. The Bertz CT molecular complexity index is 1350. The molecule has 3 fully saturated rings. The fourth-order valence-electron chi connectivity index (χ4n) is 6.08. The predicted molar refractivity (Wildman–Crippen MR) is 147 cm³/mol. The van der Waals surface area contributed by atoms with E-state index < -0.39 is 27.3 Å². The molecular formula is C28H32Cl2N2O5S. The van der Waals surface area contributed by atoms with Gasteiger partial charge in [0.2, 0.25) is 15.9 Å². The molecule has 1 amide bonds. The van der Waals surface area contributed by atoms with Gasteiger partial charge in [0, 0.05) is 35.6 Å². The molecule has 204 valence electrons. The van der Waals surface area contributed by atoms with Gasteiger partial charge in [-0.2, -0.15) is 0 Å². The summed E-state index contributed by atoms with van der Waals surface area (Å²) in [4.78, 5) is 28.1. The van der Waals surface area contributed by atoms with Crippen LogP contribution in [0.3, 0.4) is 0 Å². The van der Waals surface area contributed by atoms with Gasteiger partial charge >= 0.3 is 5.97 Å². The number of benzene rings is 2. The molecule has 1 aliphatic heterocycles. The van der Waals surface area contributed by atoms with E-state index in [1.54, 1.807) is 25.2 Å². The minimum absolute atomic E-state index is 0.177. The number of carbonyl (C=O) groups excluding carboxylic acids is 1. The average Bonchev–Trinajstić information content (AvgIpc) is 3.79. The maximum absolute atomic E-state index is 14.2. The zero-order chi connectivity index (χ0) is 27.4. The highest BCUT2D eigenvalue weighted by Crippen LogP contribution is 2.65. The van der Waals surface area contributed by atoms with Crippen molar-refractivity contribution in [3.05, 3.63) is 69.7 Å². The van der Waals surface area contributed by atoms with Gasteiger partial charge in [-0.25, -0.2) is 12.7 Å². The number of carboxylic acids is 1. The Labute approximate surface area is 233 Å². The minimum atomic E-state index is -3.34. The van der Waals surface area contributed by atoms with E-state index in [2.05, 4.69) is 0 Å². The predicted octanol–water partition coefficient (Wildman–Crippen LogP) is 5.34. The first-order chi connectivity index (χ1) is 18.0. The second-order valence-corrected chi connectivity index (χ2v) is 14.2. The van der Waals surface area contributed by atoms with E-state index in [4.69, 9.17) is 23.2 Å². The van der Waals surface area contributed by atoms with Crippen molar-refractivity contribution in [1.29, 1.82) is 0 Å². The third-order valence-electron chi connectivity index (χ3n) is 8.50. The van der Waals surface area contributed by atoms with Crippen molar-refractivity contribution in [2.75, 3.05) is 13.6 Å². The lowest BCUT2D eigenvalue weighted by atomic mass is 9.72. The number of halogens is 2. The van der Waals surface area contributed by atoms with Gasteiger partial charge in [0.15, 0.2) is 0 Å². The van der Waals surface area contributed by atoms with Gasteiger partial charge in [0.1, 0.15) is 0 Å². The van der Waals surface area contributed by atoms with Crippen LogP contribution in [0.1, 0.15) is 62.1 Å². The van der Waals surface area contributed by atoms with Crippen molar-refractivity contribution in [2.24, 2.45) is 11.3 Å². The third kappa shape index (κ3) is 4.96. The summed E-state index contributed by atoms with van der Waals surface area (Å²) < 4.78 is 26.8. The zero-order valence-electron chi connectivity index (χ0n) is 21.4. The molecule has 2 aliphatic carbocycles. The average molecular weight is 580 g/mol. The van der Waals surface area contributed by atoms with E-state index >= 15 is 0 Å². The zero-order valence-corrected chi connectivity index (χ0v) is 23.7. The van der Waals surface area contributed by atoms with Crippen LogP contribution in [0.25, 0.3) is 0 Å². The SMILES string of the molecule is C[C@@H](CCN(C)S(=O)(=O)C1CC1)N1C(=O)[C@@]2(C[C@H](c3cccc(Cl)c3)[C@H]1c1ccc(Cl)cc1)C[C@@H]2C(=O)O. The summed E-state index contributed by atoms with van der Waals surface area (Å²) in [7, 11) is -1.75. The number of hydrogen-bond acceptors (Lipinski definition) is 4. The summed E-state index contributed by atoms with van der Waals surface area (Å²) >= 11 is 12.6. The largest absolute Gasteiger partial charge is 0.481 e. The first kappa shape index (κ1) is 27.4. The van der Waals surface area contributed by atoms with Gasteiger partial charge in [-0.3, -0.25) is 9.59 Å². The molecule has 3 aliphatic rings. The monoisotopic (exact) mass is 578 g/mol. The molecule has 0 aromatic heterocycles. The maximum atomic E-state index is 14.2. The molecule has 5 atom stereocenters. The molecule has 0 unspecified atom stereocenters. The number of likely N-dealkylation sites (tertiary alicyclic amines) is 1. The molecule has 38 heavy (non-hydrogen) atoms. The van der Waals surface area contributed by atoms with Gasteiger partial charge in [-0.05, 0) is 74.4 Å². The van der Waals surface area contributed by atoms with E-state index in [-0.39, 0.29) is 35.7 Å². The highest BCUT2D eigenvalue weighted by atomic mass is 35.5. The molecule has 1 N–H and O–H groups in total. The van der Waals surface area contributed by atoms with Crippen LogP contribution in [-0.2, 0) is 19.6 Å². The normalized spacial score (nSPS) is 28.1. The van der Waals surface area contributed by atoms with Gasteiger partial charge in [-0.1, -0.05) is 47.5 Å². The van der Waals surface area contributed by atoms with Crippen LogP contribution in [-0.4, -0.2) is 59.5 Å². The van der Waals surface area contributed by atoms with E-state index in [1.165, 1.54) is 4.31 Å². The number of amides is 1. The van der Waals surface area contributed by atoms with Gasteiger partial charge in [-0.15, -0.1) is 0 Å². The Kier molecular flexibility index (Phi) is 7.31. The van der Waals surface area contributed by atoms with E-state index in [1.807, 2.05) is 42.2 Å². The molecule has 2 saturated carbocycles. The molecule has 1 heterocycles. The molecule has 0 bridgehead atoms. The highest BCUT2D eigenvalue weighted by Gasteiger charge is 2.69. The molecular weight excluding hydrogens is 547 g/mol. The number of piperidine rings is 1. The molecule has 0 radical (unpaired) electrons. The molecule has 1 spiro atoms. The number of nitrogens with zero attached hydrogens (tertiary/aromatic N) is 2. The summed E-state index contributed by atoms with van der Waals surface area (Å²) in [6, 6.07) is 14.2. The highest BCUT2D eigenvalue weighted by molar-refractivity contribution is 7.90. The number of rotatable bonds is 9. The number of hydrogen-bond donors (Lipinski definition) is 1. The summed E-state index contributed by atoms with van der Waals surface area (Å²) in [5, 5.41) is 10.7. The lowest BCUT2D eigenvalue weighted by Gasteiger charge is -2.48. The van der Waals surface area contributed by atoms with Crippen LogP contribution < -0.4 is 0 Å². The van der Waals surface area contributed by atoms with E-state index in [0.29, 0.717) is 42.1 Å². The first-order valence-corrected chi connectivity index (χ1v) is 15.2. The molecule has 2 aromatic rings. The Morgan fingerprint density at radius 1 is 1.11 bits per heavy atom. The van der Waals surface area contributed by atoms with E-state index in [0.717, 1.165) is 11.1 Å². The number of sulfonamides is 1. The molecule has 2 aromatic carbocycles. The summed E-state index contributed by atoms with van der Waals surface area (Å²) in [5.41, 5.74) is 0.842. The fourth-order valence-corrected chi connectivity index (χ4v) is 8.00. The van der Waals surface area contributed by atoms with Crippen LogP contribution in [0.15, 0.2) is 48.5 Å². The second kappa shape index (κ2) is 10.1. The summed E-state index contributed by atoms with van der Waals surface area (Å²) in [6.07, 6.45) is 2.49. The Balaban J connectivity index is 1.54. The van der Waals surface area contributed by atoms with Crippen molar-refractivity contribution < 1.29 is 23.1 Å². The smallest absolute Gasteiger partial charge is 0.307 e. The number of aliphatic carboxylic acids is 1. The first-order valence-electron chi connectivity index (χ1n) is 13.0. The second-order valence-electron chi connectivity index (χ2n) is 11.0. The lowest BCUT2D eigenvalue weighted by molar-refractivity contribution is -0.153. The van der Waals surface area contributed by atoms with E-state index in [9.17, 15) is 23.1 Å². The third-order valence-corrected chi connectivity index (χ3v) is 11.4. The maximum Gasteiger partial charge on any atom is 0.307 e. The Hall–Kier alpha value is -2.13. The van der Waals surface area contributed by atoms with Gasteiger partial charge in [0.25, 0.3) is 0 Å². The molecule has 1 saturated heterocycles. The summed E-state index contributed by atoms with van der Waals surface area (Å²) in [5.74, 6) is -2.08. The molecule has 10 heteroatoms. The van der Waals surface area contributed by atoms with Crippen LogP contribution in [0.4, 0.5) is 0 Å². The molecule has 7 nitrogen and oxygen atoms in total. The van der Waals surface area contributed by atoms with Crippen LogP contribution in [0.5, 0.6) is 0 Å². The van der Waals surface area contributed by atoms with Crippen molar-refractivity contribution in [3.8, 4) is 0 Å². The van der Waals surface area contributed by atoms with Crippen molar-refractivity contribution in [2.45, 2.75) is 62.3 Å². The summed E-state index contributed by atoms with van der Waals surface area (Å²) in [6.45, 7) is 2.19.